The van der Waals surface area contributed by atoms with Crippen LogP contribution in [0.25, 0.3) is 0 Å². The summed E-state index contributed by atoms with van der Waals surface area (Å²) < 4.78 is 5.23. The summed E-state index contributed by atoms with van der Waals surface area (Å²) in [6.45, 7) is 3.90. The molecule has 0 amide bonds. The van der Waals surface area contributed by atoms with Crippen LogP contribution in [0, 0.1) is 5.41 Å². The number of aliphatic hydroxyl groups excluding tert-OH is 2. The molecule has 2 N–H and O–H groups in total. The van der Waals surface area contributed by atoms with E-state index in [1.54, 1.807) is 0 Å². The maximum atomic E-state index is 12.2. The highest BCUT2D eigenvalue weighted by atomic mass is 16.5. The van der Waals surface area contributed by atoms with Gasteiger partial charge in [0.1, 0.15) is 5.41 Å². The highest BCUT2D eigenvalue weighted by Crippen LogP contribution is 2.26. The van der Waals surface area contributed by atoms with Crippen molar-refractivity contribution in [2.75, 3.05) is 19.8 Å². The predicted octanol–water partition coefficient (Wildman–Crippen LogP) is 5.72. The van der Waals surface area contributed by atoms with Crippen molar-refractivity contribution in [1.29, 1.82) is 0 Å². The fourth-order valence-electron chi connectivity index (χ4n) is 3.00. The number of esters is 1. The molecular weight excluding hydrogens is 352 g/mol. The van der Waals surface area contributed by atoms with Crippen LogP contribution in [0.15, 0.2) is 24.3 Å². The zero-order chi connectivity index (χ0) is 20.9. The van der Waals surface area contributed by atoms with E-state index in [2.05, 4.69) is 31.2 Å². The van der Waals surface area contributed by atoms with Gasteiger partial charge in [0.05, 0.1) is 19.8 Å². The van der Waals surface area contributed by atoms with Crippen molar-refractivity contribution in [3.8, 4) is 0 Å². The second kappa shape index (κ2) is 19.2. The topological polar surface area (TPSA) is 66.8 Å². The largest absolute Gasteiger partial charge is 0.465 e. The molecule has 0 unspecified atom stereocenters. The van der Waals surface area contributed by atoms with E-state index in [9.17, 15) is 15.0 Å². The minimum absolute atomic E-state index is 0.358. The van der Waals surface area contributed by atoms with Gasteiger partial charge in [-0.15, -0.1) is 0 Å². The van der Waals surface area contributed by atoms with Gasteiger partial charge in [-0.2, -0.15) is 0 Å². The van der Waals surface area contributed by atoms with Crippen molar-refractivity contribution in [1.82, 2.24) is 0 Å². The van der Waals surface area contributed by atoms with E-state index in [0.29, 0.717) is 13.0 Å². The van der Waals surface area contributed by atoms with Gasteiger partial charge in [0, 0.05) is 0 Å². The molecule has 4 nitrogen and oxygen atoms in total. The molecule has 0 saturated heterocycles. The van der Waals surface area contributed by atoms with E-state index in [4.69, 9.17) is 4.74 Å². The van der Waals surface area contributed by atoms with Crippen molar-refractivity contribution in [2.45, 2.75) is 97.3 Å². The van der Waals surface area contributed by atoms with Gasteiger partial charge in [-0.1, -0.05) is 76.7 Å². The van der Waals surface area contributed by atoms with Crippen LogP contribution in [0.3, 0.4) is 0 Å². The third-order valence-electron chi connectivity index (χ3n) is 5.13. The smallest absolute Gasteiger partial charge is 0.316 e. The molecule has 0 fully saturated rings. The average Bonchev–Trinajstić information content (AvgIpc) is 2.71. The summed E-state index contributed by atoms with van der Waals surface area (Å²) in [5.74, 6) is -0.461. The van der Waals surface area contributed by atoms with Gasteiger partial charge in [0.2, 0.25) is 0 Å². The molecule has 0 aromatic heterocycles. The second-order valence-corrected chi connectivity index (χ2v) is 7.71. The zero-order valence-electron chi connectivity index (χ0n) is 18.3. The summed E-state index contributed by atoms with van der Waals surface area (Å²) in [7, 11) is 0. The van der Waals surface area contributed by atoms with Gasteiger partial charge < -0.3 is 14.9 Å². The van der Waals surface area contributed by atoms with Crippen LogP contribution in [0.4, 0.5) is 0 Å². The summed E-state index contributed by atoms with van der Waals surface area (Å²) in [6, 6.07) is 0. The lowest BCUT2D eigenvalue weighted by molar-refractivity contribution is -0.162. The van der Waals surface area contributed by atoms with E-state index < -0.39 is 11.4 Å². The Hall–Kier alpha value is -1.13. The number of rotatable bonds is 19. The Labute approximate surface area is 173 Å². The number of hydrogen-bond acceptors (Lipinski definition) is 4. The SMILES string of the molecule is CCCCC/C=C\C/C=C\CCCCCCC(CO)(CO)C(=O)OCCCC. The van der Waals surface area contributed by atoms with Crippen LogP contribution >= 0.6 is 0 Å². The van der Waals surface area contributed by atoms with E-state index >= 15 is 0 Å². The predicted molar refractivity (Wildman–Crippen MR) is 117 cm³/mol. The van der Waals surface area contributed by atoms with Crippen molar-refractivity contribution in [3.05, 3.63) is 24.3 Å². The molecule has 4 heteroatoms. The molecule has 0 aliphatic heterocycles. The normalized spacial score (nSPS) is 12.3. The molecule has 0 aromatic rings. The molecule has 0 aliphatic carbocycles. The van der Waals surface area contributed by atoms with Gasteiger partial charge in [0.25, 0.3) is 0 Å². The molecule has 0 rings (SSSR count). The van der Waals surface area contributed by atoms with Crippen LogP contribution in [-0.2, 0) is 9.53 Å². The number of aliphatic hydroxyl groups is 2. The van der Waals surface area contributed by atoms with E-state index in [-0.39, 0.29) is 13.2 Å². The number of unbranched alkanes of at least 4 members (excludes halogenated alkanes) is 8. The number of hydrogen-bond donors (Lipinski definition) is 2. The lowest BCUT2D eigenvalue weighted by Crippen LogP contribution is -2.40. The summed E-state index contributed by atoms with van der Waals surface area (Å²) in [5, 5.41) is 19.3. The number of allylic oxidation sites excluding steroid dienone is 4. The molecule has 0 saturated carbocycles. The summed E-state index contributed by atoms with van der Waals surface area (Å²) >= 11 is 0. The molecule has 0 aromatic carbocycles. The summed E-state index contributed by atoms with van der Waals surface area (Å²) in [5.41, 5.74) is -1.14. The summed E-state index contributed by atoms with van der Waals surface area (Å²) in [4.78, 5) is 12.2. The highest BCUT2D eigenvalue weighted by Gasteiger charge is 2.38. The standard InChI is InChI=1S/C24H44O4/c1-3-5-7-8-9-10-11-12-13-14-15-16-17-18-19-24(21-25,22-26)23(27)28-20-6-4-2/h9-10,12-13,25-26H,3-8,11,14-22H2,1-2H3/b10-9-,13-12-. The van der Waals surface area contributed by atoms with Crippen LogP contribution in [-0.4, -0.2) is 36.0 Å². The second-order valence-electron chi connectivity index (χ2n) is 7.71. The van der Waals surface area contributed by atoms with Gasteiger partial charge >= 0.3 is 5.97 Å². The van der Waals surface area contributed by atoms with Crippen LogP contribution in [0.2, 0.25) is 0 Å². The van der Waals surface area contributed by atoms with Crippen LogP contribution < -0.4 is 0 Å². The maximum Gasteiger partial charge on any atom is 0.316 e. The van der Waals surface area contributed by atoms with E-state index in [1.165, 1.54) is 25.7 Å². The van der Waals surface area contributed by atoms with Crippen molar-refractivity contribution in [2.24, 2.45) is 5.41 Å². The molecule has 0 aliphatic rings. The highest BCUT2D eigenvalue weighted by molar-refractivity contribution is 5.77. The Morgan fingerprint density at radius 2 is 1.36 bits per heavy atom. The molecular formula is C24H44O4. The Balaban J connectivity index is 3.85. The Morgan fingerprint density at radius 1 is 0.786 bits per heavy atom. The van der Waals surface area contributed by atoms with Crippen LogP contribution in [0.1, 0.15) is 97.3 Å². The van der Waals surface area contributed by atoms with E-state index in [0.717, 1.165) is 51.4 Å². The van der Waals surface area contributed by atoms with Crippen molar-refractivity contribution < 1.29 is 19.7 Å². The Bertz CT molecular complexity index is 411. The number of carbonyl (C=O) groups is 1. The first-order chi connectivity index (χ1) is 13.7. The molecule has 0 bridgehead atoms. The minimum atomic E-state index is -1.14. The quantitative estimate of drug-likeness (QED) is 0.166. The molecule has 0 atom stereocenters. The number of carbonyl (C=O) groups excluding carboxylic acids is 1. The first kappa shape index (κ1) is 26.9. The molecule has 0 heterocycles. The lowest BCUT2D eigenvalue weighted by atomic mass is 9.84. The zero-order valence-corrected chi connectivity index (χ0v) is 18.3. The van der Waals surface area contributed by atoms with Crippen molar-refractivity contribution >= 4 is 5.97 Å². The maximum absolute atomic E-state index is 12.2. The Morgan fingerprint density at radius 3 is 1.93 bits per heavy atom. The first-order valence-corrected chi connectivity index (χ1v) is 11.4. The van der Waals surface area contributed by atoms with Crippen molar-refractivity contribution in [3.63, 3.8) is 0 Å². The summed E-state index contributed by atoms with van der Waals surface area (Å²) in [6.07, 6.45) is 22.4. The van der Waals surface area contributed by atoms with Gasteiger partial charge in [-0.05, 0) is 44.9 Å². The minimum Gasteiger partial charge on any atom is -0.465 e. The third kappa shape index (κ3) is 13.1. The van der Waals surface area contributed by atoms with Gasteiger partial charge in [-0.25, -0.2) is 0 Å². The van der Waals surface area contributed by atoms with Crippen LogP contribution in [0.5, 0.6) is 0 Å². The average molecular weight is 397 g/mol. The fourth-order valence-corrected chi connectivity index (χ4v) is 3.00. The lowest BCUT2D eigenvalue weighted by Gasteiger charge is -2.27. The van der Waals surface area contributed by atoms with Gasteiger partial charge in [-0.3, -0.25) is 4.79 Å². The Kier molecular flexibility index (Phi) is 18.4. The number of ether oxygens (including phenoxy) is 1. The third-order valence-corrected chi connectivity index (χ3v) is 5.13. The fraction of sp³-hybridized carbons (Fsp3) is 0.792. The monoisotopic (exact) mass is 396 g/mol. The first-order valence-electron chi connectivity index (χ1n) is 11.4. The molecule has 0 radical (unpaired) electrons. The molecule has 0 spiro atoms. The van der Waals surface area contributed by atoms with E-state index in [1.807, 2.05) is 6.92 Å². The molecule has 164 valence electrons. The van der Waals surface area contributed by atoms with Gasteiger partial charge in [0.15, 0.2) is 0 Å². The molecule has 28 heavy (non-hydrogen) atoms.